The van der Waals surface area contributed by atoms with Crippen molar-refractivity contribution in [1.29, 1.82) is 0 Å². The van der Waals surface area contributed by atoms with Crippen molar-refractivity contribution in [3.63, 3.8) is 0 Å². The monoisotopic (exact) mass is 368 g/mol. The molecule has 0 aliphatic carbocycles. The summed E-state index contributed by atoms with van der Waals surface area (Å²) >= 11 is 0. The highest BCUT2D eigenvalue weighted by Gasteiger charge is 2.17. The summed E-state index contributed by atoms with van der Waals surface area (Å²) in [6, 6.07) is 0.482. The van der Waals surface area contributed by atoms with Crippen molar-refractivity contribution in [2.24, 2.45) is 10.9 Å². The van der Waals surface area contributed by atoms with Crippen LogP contribution in [0.15, 0.2) is 4.99 Å². The zero-order chi connectivity index (χ0) is 12.7. The van der Waals surface area contributed by atoms with Crippen molar-refractivity contribution >= 4 is 29.9 Å². The number of likely N-dealkylation sites (tertiary alicyclic amines) is 1. The van der Waals surface area contributed by atoms with E-state index in [1.807, 2.05) is 7.05 Å². The van der Waals surface area contributed by atoms with Gasteiger partial charge in [0.05, 0.1) is 0 Å². The van der Waals surface area contributed by atoms with Crippen LogP contribution in [0.25, 0.3) is 0 Å². The molecule has 1 heterocycles. The highest BCUT2D eigenvalue weighted by Crippen LogP contribution is 2.13. The standard InChI is InChI=1S/C13H28N4.HI/c1-5-11(2)16-13(14-3)15-9-12-7-6-8-17(4)10-12;/h11-12H,5-10H2,1-4H3,(H2,14,15,16);1H. The number of guanidine groups is 1. The second-order valence-electron chi connectivity index (χ2n) is 5.18. The molecule has 1 fully saturated rings. The normalized spacial score (nSPS) is 23.1. The van der Waals surface area contributed by atoms with Crippen LogP contribution >= 0.6 is 24.0 Å². The van der Waals surface area contributed by atoms with E-state index in [-0.39, 0.29) is 24.0 Å². The molecule has 1 aliphatic heterocycles. The number of aliphatic imine (C=N–C) groups is 1. The van der Waals surface area contributed by atoms with Crippen molar-refractivity contribution in [1.82, 2.24) is 15.5 Å². The topological polar surface area (TPSA) is 39.7 Å². The Morgan fingerprint density at radius 1 is 1.50 bits per heavy atom. The lowest BCUT2D eigenvalue weighted by Crippen LogP contribution is -2.45. The van der Waals surface area contributed by atoms with Crippen LogP contribution in [0.3, 0.4) is 0 Å². The number of halogens is 1. The summed E-state index contributed by atoms with van der Waals surface area (Å²) in [7, 11) is 4.04. The maximum Gasteiger partial charge on any atom is 0.191 e. The van der Waals surface area contributed by atoms with Gasteiger partial charge in [0.25, 0.3) is 0 Å². The number of rotatable bonds is 4. The van der Waals surface area contributed by atoms with Gasteiger partial charge in [0.15, 0.2) is 5.96 Å². The molecule has 0 aromatic heterocycles. The summed E-state index contributed by atoms with van der Waals surface area (Å²) in [6.07, 6.45) is 3.77. The minimum absolute atomic E-state index is 0. The third-order valence-electron chi connectivity index (χ3n) is 3.50. The molecule has 0 bridgehead atoms. The van der Waals surface area contributed by atoms with Gasteiger partial charge in [-0.2, -0.15) is 0 Å². The Morgan fingerprint density at radius 3 is 2.78 bits per heavy atom. The van der Waals surface area contributed by atoms with Crippen molar-refractivity contribution in [3.8, 4) is 0 Å². The molecule has 2 N–H and O–H groups in total. The highest BCUT2D eigenvalue weighted by molar-refractivity contribution is 14.0. The Bertz CT molecular complexity index is 245. The lowest BCUT2D eigenvalue weighted by atomic mass is 9.99. The molecular weight excluding hydrogens is 339 g/mol. The van der Waals surface area contributed by atoms with E-state index < -0.39 is 0 Å². The van der Waals surface area contributed by atoms with Gasteiger partial charge in [-0.25, -0.2) is 0 Å². The van der Waals surface area contributed by atoms with E-state index in [2.05, 4.69) is 41.4 Å². The Balaban J connectivity index is 0.00000289. The van der Waals surface area contributed by atoms with Crippen LogP contribution in [-0.2, 0) is 0 Å². The van der Waals surface area contributed by atoms with E-state index in [0.717, 1.165) is 24.8 Å². The van der Waals surface area contributed by atoms with Gasteiger partial charge in [-0.1, -0.05) is 6.92 Å². The SMILES string of the molecule is CCC(C)NC(=NC)NCC1CCCN(C)C1.I. The lowest BCUT2D eigenvalue weighted by molar-refractivity contribution is 0.210. The largest absolute Gasteiger partial charge is 0.356 e. The molecule has 108 valence electrons. The first-order valence-electron chi connectivity index (χ1n) is 6.81. The first-order valence-corrected chi connectivity index (χ1v) is 6.81. The summed E-state index contributed by atoms with van der Waals surface area (Å²) < 4.78 is 0. The highest BCUT2D eigenvalue weighted by atomic mass is 127. The molecule has 0 saturated carbocycles. The van der Waals surface area contributed by atoms with Gasteiger partial charge >= 0.3 is 0 Å². The fraction of sp³-hybridized carbons (Fsp3) is 0.923. The molecule has 0 amide bonds. The second-order valence-corrected chi connectivity index (χ2v) is 5.18. The van der Waals surface area contributed by atoms with E-state index in [4.69, 9.17) is 0 Å². The second kappa shape index (κ2) is 9.83. The van der Waals surface area contributed by atoms with Gasteiger partial charge in [-0.3, -0.25) is 4.99 Å². The molecular formula is C13H29IN4. The first-order chi connectivity index (χ1) is 8.15. The molecule has 0 radical (unpaired) electrons. The summed E-state index contributed by atoms with van der Waals surface area (Å²) in [5, 5.41) is 6.83. The molecule has 1 aliphatic rings. The number of hydrogen-bond acceptors (Lipinski definition) is 2. The number of nitrogens with one attached hydrogen (secondary N) is 2. The number of nitrogens with zero attached hydrogens (tertiary/aromatic N) is 2. The van der Waals surface area contributed by atoms with Crippen LogP contribution in [-0.4, -0.2) is 50.6 Å². The van der Waals surface area contributed by atoms with Crippen LogP contribution < -0.4 is 10.6 Å². The van der Waals surface area contributed by atoms with Crippen molar-refractivity contribution in [2.75, 3.05) is 33.7 Å². The molecule has 0 aromatic rings. The zero-order valence-corrected chi connectivity index (χ0v) is 14.5. The average Bonchev–Trinajstić information content (AvgIpc) is 2.34. The average molecular weight is 368 g/mol. The Morgan fingerprint density at radius 2 is 2.22 bits per heavy atom. The van der Waals surface area contributed by atoms with Gasteiger partial charge < -0.3 is 15.5 Å². The predicted molar refractivity (Wildman–Crippen MR) is 89.9 cm³/mol. The first kappa shape index (κ1) is 18.0. The van der Waals surface area contributed by atoms with E-state index in [0.29, 0.717) is 6.04 Å². The van der Waals surface area contributed by atoms with Gasteiger partial charge in [-0.05, 0) is 45.7 Å². The molecule has 1 rings (SSSR count). The van der Waals surface area contributed by atoms with E-state index in [9.17, 15) is 0 Å². The van der Waals surface area contributed by atoms with E-state index in [1.54, 1.807) is 0 Å². The van der Waals surface area contributed by atoms with Crippen molar-refractivity contribution in [2.45, 2.75) is 39.2 Å². The predicted octanol–water partition coefficient (Wildman–Crippen LogP) is 1.91. The maximum absolute atomic E-state index is 4.26. The van der Waals surface area contributed by atoms with Gasteiger partial charge in [-0.15, -0.1) is 24.0 Å². The summed E-state index contributed by atoms with van der Waals surface area (Å²) in [4.78, 5) is 6.68. The number of hydrogen-bond donors (Lipinski definition) is 2. The maximum atomic E-state index is 4.26. The third kappa shape index (κ3) is 6.78. The van der Waals surface area contributed by atoms with Gasteiger partial charge in [0.2, 0.25) is 0 Å². The summed E-state index contributed by atoms with van der Waals surface area (Å²) in [5.41, 5.74) is 0. The molecule has 1 saturated heterocycles. The molecule has 18 heavy (non-hydrogen) atoms. The molecule has 5 heteroatoms. The van der Waals surface area contributed by atoms with E-state index >= 15 is 0 Å². The lowest BCUT2D eigenvalue weighted by Gasteiger charge is -2.30. The summed E-state index contributed by atoms with van der Waals surface area (Å²) in [5.74, 6) is 1.69. The summed E-state index contributed by atoms with van der Waals surface area (Å²) in [6.45, 7) is 7.84. The fourth-order valence-electron chi connectivity index (χ4n) is 2.21. The molecule has 4 nitrogen and oxygen atoms in total. The van der Waals surface area contributed by atoms with Crippen LogP contribution in [0.5, 0.6) is 0 Å². The minimum atomic E-state index is 0. The van der Waals surface area contributed by atoms with Gasteiger partial charge in [0.1, 0.15) is 0 Å². The molecule has 2 unspecified atom stereocenters. The van der Waals surface area contributed by atoms with Crippen LogP contribution in [0.4, 0.5) is 0 Å². The van der Waals surface area contributed by atoms with Gasteiger partial charge in [0, 0.05) is 26.2 Å². The van der Waals surface area contributed by atoms with Crippen molar-refractivity contribution < 1.29 is 0 Å². The Hall–Kier alpha value is -0.0400. The number of piperidine rings is 1. The van der Waals surface area contributed by atoms with Crippen LogP contribution in [0.1, 0.15) is 33.1 Å². The zero-order valence-electron chi connectivity index (χ0n) is 12.2. The molecule has 0 aromatic carbocycles. The molecule has 2 atom stereocenters. The van der Waals surface area contributed by atoms with Crippen LogP contribution in [0, 0.1) is 5.92 Å². The van der Waals surface area contributed by atoms with E-state index in [1.165, 1.54) is 25.9 Å². The Kier molecular flexibility index (Phi) is 9.81. The molecule has 0 spiro atoms. The van der Waals surface area contributed by atoms with Crippen LogP contribution in [0.2, 0.25) is 0 Å². The van der Waals surface area contributed by atoms with Crippen molar-refractivity contribution in [3.05, 3.63) is 0 Å². The quantitative estimate of drug-likeness (QED) is 0.453. The minimum Gasteiger partial charge on any atom is -0.356 e. The smallest absolute Gasteiger partial charge is 0.191 e. The fourth-order valence-corrected chi connectivity index (χ4v) is 2.21. The Labute approximate surface area is 129 Å². The third-order valence-corrected chi connectivity index (χ3v) is 3.50.